The van der Waals surface area contributed by atoms with Gasteiger partial charge in [0.25, 0.3) is 0 Å². The molecule has 1 rings (SSSR count). The quantitative estimate of drug-likeness (QED) is 0.769. The maximum Gasteiger partial charge on any atom is 0.242 e. The van der Waals surface area contributed by atoms with Crippen molar-refractivity contribution >= 4 is 20.0 Å². The number of nitrogens with two attached hydrogens (primary N) is 1. The number of nitrogens with zero attached hydrogens (tertiary/aromatic N) is 1. The molecule has 108 valence electrons. The van der Waals surface area contributed by atoms with Crippen LogP contribution in [0.2, 0.25) is 0 Å². The minimum absolute atomic E-state index is 0.127. The molecule has 0 bridgehead atoms. The Morgan fingerprint density at radius 2 is 1.79 bits per heavy atom. The molecular weight excluding hydrogens is 292 g/mol. The van der Waals surface area contributed by atoms with E-state index in [9.17, 15) is 16.8 Å². The molecule has 2 N–H and O–H groups in total. The van der Waals surface area contributed by atoms with Gasteiger partial charge in [-0.2, -0.15) is 4.31 Å². The highest BCUT2D eigenvalue weighted by Crippen LogP contribution is 2.17. The van der Waals surface area contributed by atoms with Gasteiger partial charge < -0.3 is 4.74 Å². The third-order valence-electron chi connectivity index (χ3n) is 2.45. The van der Waals surface area contributed by atoms with Crippen LogP contribution in [0.1, 0.15) is 0 Å². The van der Waals surface area contributed by atoms with Gasteiger partial charge in [0.2, 0.25) is 20.0 Å². The molecule has 1 aromatic rings. The van der Waals surface area contributed by atoms with E-state index in [4.69, 9.17) is 9.88 Å². The van der Waals surface area contributed by atoms with Crippen molar-refractivity contribution in [3.8, 4) is 0 Å². The van der Waals surface area contributed by atoms with Crippen LogP contribution < -0.4 is 5.14 Å². The minimum atomic E-state index is -3.94. The second-order valence-corrected chi connectivity index (χ2v) is 7.45. The van der Waals surface area contributed by atoms with E-state index < -0.39 is 20.0 Å². The van der Waals surface area contributed by atoms with Gasteiger partial charge in [-0.25, -0.2) is 22.0 Å². The highest BCUT2D eigenvalue weighted by molar-refractivity contribution is 7.90. The van der Waals surface area contributed by atoms with Crippen LogP contribution in [-0.2, 0) is 24.8 Å². The molecule has 0 atom stereocenters. The summed E-state index contributed by atoms with van der Waals surface area (Å²) in [4.78, 5) is -0.369. The number of likely N-dealkylation sites (N-methyl/N-ethyl adjacent to an activating group) is 1. The largest absolute Gasteiger partial charge is 0.383 e. The van der Waals surface area contributed by atoms with Crippen LogP contribution in [-0.4, -0.2) is 48.4 Å². The van der Waals surface area contributed by atoms with Gasteiger partial charge in [0, 0.05) is 20.7 Å². The van der Waals surface area contributed by atoms with Crippen molar-refractivity contribution in [2.24, 2.45) is 5.14 Å². The van der Waals surface area contributed by atoms with Crippen molar-refractivity contribution < 1.29 is 21.6 Å². The van der Waals surface area contributed by atoms with Gasteiger partial charge in [0.15, 0.2) is 0 Å². The molecule has 0 saturated heterocycles. The van der Waals surface area contributed by atoms with Gasteiger partial charge >= 0.3 is 0 Å². The Labute approximate surface area is 113 Å². The van der Waals surface area contributed by atoms with E-state index in [1.165, 1.54) is 32.4 Å². The Hall–Kier alpha value is -1.00. The molecule has 9 heteroatoms. The second-order valence-electron chi connectivity index (χ2n) is 3.84. The third kappa shape index (κ3) is 3.98. The lowest BCUT2D eigenvalue weighted by atomic mass is 10.4. The van der Waals surface area contributed by atoms with Gasteiger partial charge in [0.05, 0.1) is 16.4 Å². The van der Waals surface area contributed by atoms with Crippen molar-refractivity contribution in [1.29, 1.82) is 0 Å². The predicted molar refractivity (Wildman–Crippen MR) is 69.5 cm³/mol. The average Bonchev–Trinajstić information content (AvgIpc) is 2.35. The first-order valence-electron chi connectivity index (χ1n) is 5.27. The minimum Gasteiger partial charge on any atom is -0.383 e. The summed E-state index contributed by atoms with van der Waals surface area (Å²) in [6, 6.07) is 4.92. The van der Waals surface area contributed by atoms with E-state index in [1.54, 1.807) is 0 Å². The van der Waals surface area contributed by atoms with E-state index in [-0.39, 0.29) is 22.9 Å². The van der Waals surface area contributed by atoms with E-state index in [1.807, 2.05) is 0 Å². The molecule has 19 heavy (non-hydrogen) atoms. The number of hydrogen-bond donors (Lipinski definition) is 1. The van der Waals surface area contributed by atoms with E-state index in [0.717, 1.165) is 10.4 Å². The average molecular weight is 308 g/mol. The number of benzene rings is 1. The fourth-order valence-electron chi connectivity index (χ4n) is 1.33. The number of sulfonamides is 2. The number of methoxy groups -OCH3 is 1. The summed E-state index contributed by atoms with van der Waals surface area (Å²) in [7, 11) is -4.85. The Bertz CT molecular complexity index is 640. The third-order valence-corrected chi connectivity index (χ3v) is 5.22. The topological polar surface area (TPSA) is 107 Å². The lowest BCUT2D eigenvalue weighted by molar-refractivity contribution is 0.185. The van der Waals surface area contributed by atoms with Crippen LogP contribution in [0.5, 0.6) is 0 Å². The number of rotatable bonds is 6. The van der Waals surface area contributed by atoms with Gasteiger partial charge in [-0.15, -0.1) is 0 Å². The first-order chi connectivity index (χ1) is 8.69. The smallest absolute Gasteiger partial charge is 0.242 e. The molecule has 7 nitrogen and oxygen atoms in total. The normalized spacial score (nSPS) is 12.8. The Morgan fingerprint density at radius 1 is 1.21 bits per heavy atom. The lowest BCUT2D eigenvalue weighted by Gasteiger charge is -2.16. The fourth-order valence-corrected chi connectivity index (χ4v) is 3.17. The van der Waals surface area contributed by atoms with Gasteiger partial charge in [0.1, 0.15) is 0 Å². The van der Waals surface area contributed by atoms with Crippen molar-refractivity contribution in [3.05, 3.63) is 24.3 Å². The first kappa shape index (κ1) is 16.1. The molecule has 0 aliphatic heterocycles. The zero-order valence-electron chi connectivity index (χ0n) is 10.6. The van der Waals surface area contributed by atoms with Crippen LogP contribution >= 0.6 is 0 Å². The summed E-state index contributed by atoms with van der Waals surface area (Å²) in [5.74, 6) is 0. The standard InChI is InChI=1S/C10H16N2O5S2/c1-12(6-7-17-2)19(15,16)10-5-3-4-9(8-10)18(11,13)14/h3-5,8H,6-7H2,1-2H3,(H2,11,13,14). The molecule has 0 spiro atoms. The first-order valence-corrected chi connectivity index (χ1v) is 8.26. The van der Waals surface area contributed by atoms with E-state index in [2.05, 4.69) is 0 Å². The van der Waals surface area contributed by atoms with E-state index >= 15 is 0 Å². The number of hydrogen-bond acceptors (Lipinski definition) is 5. The number of ether oxygens (including phenoxy) is 1. The van der Waals surface area contributed by atoms with Crippen molar-refractivity contribution in [1.82, 2.24) is 4.31 Å². The summed E-state index contributed by atoms with van der Waals surface area (Å²) >= 11 is 0. The predicted octanol–water partition coefficient (Wildman–Crippen LogP) is -0.399. The molecule has 0 radical (unpaired) electrons. The van der Waals surface area contributed by atoms with Gasteiger partial charge in [-0.3, -0.25) is 0 Å². The maximum atomic E-state index is 12.2. The summed E-state index contributed by atoms with van der Waals surface area (Å²) in [5, 5.41) is 4.97. The molecule has 0 aromatic heterocycles. The molecule has 0 amide bonds. The molecule has 0 fully saturated rings. The zero-order chi connectivity index (χ0) is 14.7. The summed E-state index contributed by atoms with van der Waals surface area (Å²) in [5.41, 5.74) is 0. The van der Waals surface area contributed by atoms with E-state index in [0.29, 0.717) is 0 Å². The maximum absolute atomic E-state index is 12.2. The van der Waals surface area contributed by atoms with Crippen LogP contribution in [0, 0.1) is 0 Å². The van der Waals surface area contributed by atoms with Crippen LogP contribution in [0.4, 0.5) is 0 Å². The van der Waals surface area contributed by atoms with Gasteiger partial charge in [-0.05, 0) is 18.2 Å². The highest BCUT2D eigenvalue weighted by atomic mass is 32.2. The Balaban J connectivity index is 3.16. The summed E-state index contributed by atoms with van der Waals surface area (Å²) < 4.78 is 52.6. The van der Waals surface area contributed by atoms with Gasteiger partial charge in [-0.1, -0.05) is 6.07 Å². The summed E-state index contributed by atoms with van der Waals surface area (Å²) in [6.45, 7) is 0.406. The highest BCUT2D eigenvalue weighted by Gasteiger charge is 2.22. The molecule has 0 aliphatic rings. The zero-order valence-corrected chi connectivity index (χ0v) is 12.2. The molecule has 0 unspecified atom stereocenters. The molecule has 0 heterocycles. The second kappa shape index (κ2) is 5.97. The molecule has 0 aliphatic carbocycles. The Kier molecular flexibility index (Phi) is 5.04. The molecule has 0 saturated carbocycles. The molecular formula is C10H16N2O5S2. The van der Waals surface area contributed by atoms with Crippen molar-refractivity contribution in [2.45, 2.75) is 9.79 Å². The number of primary sulfonamides is 1. The summed E-state index contributed by atoms with van der Waals surface area (Å²) in [6.07, 6.45) is 0. The van der Waals surface area contributed by atoms with Crippen molar-refractivity contribution in [2.75, 3.05) is 27.3 Å². The monoisotopic (exact) mass is 308 g/mol. The fraction of sp³-hybridized carbons (Fsp3) is 0.400. The van der Waals surface area contributed by atoms with Crippen LogP contribution in [0.3, 0.4) is 0 Å². The lowest BCUT2D eigenvalue weighted by Crippen LogP contribution is -2.30. The SMILES string of the molecule is COCCN(C)S(=O)(=O)c1cccc(S(N)(=O)=O)c1. The molecule has 1 aromatic carbocycles. The van der Waals surface area contributed by atoms with Crippen LogP contribution in [0.15, 0.2) is 34.1 Å². The Morgan fingerprint density at radius 3 is 2.32 bits per heavy atom. The van der Waals surface area contributed by atoms with Crippen molar-refractivity contribution in [3.63, 3.8) is 0 Å². The van der Waals surface area contributed by atoms with Crippen LogP contribution in [0.25, 0.3) is 0 Å².